The maximum Gasteiger partial charge on any atom is 0.187 e. The van der Waals surface area contributed by atoms with E-state index in [2.05, 4.69) is 20.6 Å². The van der Waals surface area contributed by atoms with E-state index in [4.69, 9.17) is 11.6 Å². The van der Waals surface area contributed by atoms with Crippen LogP contribution in [0.15, 0.2) is 0 Å². The minimum atomic E-state index is 0.518. The Labute approximate surface area is 88.0 Å². The topological polar surface area (TPSA) is 29.0 Å². The molecule has 1 rings (SSSR count). The van der Waals surface area contributed by atoms with Crippen molar-refractivity contribution in [3.8, 4) is 0 Å². The van der Waals surface area contributed by atoms with Crippen LogP contribution < -0.4 is 4.90 Å². The Balaban J connectivity index is 2.39. The van der Waals surface area contributed by atoms with E-state index in [1.807, 2.05) is 7.05 Å². The summed E-state index contributed by atoms with van der Waals surface area (Å²) in [5.41, 5.74) is 0. The van der Waals surface area contributed by atoms with Gasteiger partial charge in [0.25, 0.3) is 0 Å². The van der Waals surface area contributed by atoms with Gasteiger partial charge in [-0.25, -0.2) is 0 Å². The van der Waals surface area contributed by atoms with E-state index in [0.29, 0.717) is 5.15 Å². The van der Waals surface area contributed by atoms with E-state index in [0.717, 1.165) is 24.1 Å². The first-order chi connectivity index (χ1) is 6.25. The first-order valence-corrected chi connectivity index (χ1v) is 5.55. The zero-order valence-electron chi connectivity index (χ0n) is 7.96. The van der Waals surface area contributed by atoms with Crippen LogP contribution in [0.4, 0.5) is 5.82 Å². The van der Waals surface area contributed by atoms with Crippen molar-refractivity contribution >= 4 is 29.1 Å². The maximum absolute atomic E-state index is 5.84. The SMILES string of the molecule is CCCCCN(C)c1nsnc1Cl. The molecule has 0 saturated carbocycles. The highest BCUT2D eigenvalue weighted by Gasteiger charge is 2.09. The summed E-state index contributed by atoms with van der Waals surface area (Å²) in [6.45, 7) is 3.19. The average molecular weight is 220 g/mol. The molecule has 0 spiro atoms. The van der Waals surface area contributed by atoms with Crippen molar-refractivity contribution in [3.05, 3.63) is 5.15 Å². The molecule has 0 unspecified atom stereocenters. The third kappa shape index (κ3) is 3.12. The molecule has 0 radical (unpaired) electrons. The number of hydrogen-bond donors (Lipinski definition) is 0. The molecule has 13 heavy (non-hydrogen) atoms. The fraction of sp³-hybridized carbons (Fsp3) is 0.750. The van der Waals surface area contributed by atoms with Crippen LogP contribution in [-0.2, 0) is 0 Å². The molecule has 0 N–H and O–H groups in total. The van der Waals surface area contributed by atoms with Gasteiger partial charge < -0.3 is 4.90 Å². The van der Waals surface area contributed by atoms with Gasteiger partial charge in [-0.2, -0.15) is 8.75 Å². The molecule has 1 aromatic heterocycles. The van der Waals surface area contributed by atoms with E-state index >= 15 is 0 Å². The lowest BCUT2D eigenvalue weighted by Crippen LogP contribution is -2.18. The minimum Gasteiger partial charge on any atom is -0.356 e. The molecule has 0 aliphatic heterocycles. The molecule has 0 aliphatic carbocycles. The third-order valence-electron chi connectivity index (χ3n) is 1.89. The van der Waals surface area contributed by atoms with Gasteiger partial charge in [0.1, 0.15) is 0 Å². The van der Waals surface area contributed by atoms with Gasteiger partial charge in [-0.3, -0.25) is 0 Å². The number of halogens is 1. The number of hydrogen-bond acceptors (Lipinski definition) is 4. The number of rotatable bonds is 5. The molecule has 0 aliphatic rings. The Morgan fingerprint density at radius 1 is 1.38 bits per heavy atom. The molecule has 1 heterocycles. The predicted molar refractivity (Wildman–Crippen MR) is 57.7 cm³/mol. The molecule has 0 saturated heterocycles. The molecule has 74 valence electrons. The van der Waals surface area contributed by atoms with Crippen molar-refractivity contribution in [2.24, 2.45) is 0 Å². The largest absolute Gasteiger partial charge is 0.356 e. The van der Waals surface area contributed by atoms with E-state index in [-0.39, 0.29) is 0 Å². The summed E-state index contributed by atoms with van der Waals surface area (Å²) >= 11 is 7.00. The van der Waals surface area contributed by atoms with E-state index in [1.54, 1.807) is 0 Å². The Kier molecular flexibility index (Phi) is 4.45. The fourth-order valence-electron chi connectivity index (χ4n) is 1.11. The predicted octanol–water partition coefficient (Wildman–Crippen LogP) is 2.82. The van der Waals surface area contributed by atoms with Crippen molar-refractivity contribution in [2.45, 2.75) is 26.2 Å². The van der Waals surface area contributed by atoms with Gasteiger partial charge in [0, 0.05) is 13.6 Å². The molecule has 5 heteroatoms. The van der Waals surface area contributed by atoms with Crippen molar-refractivity contribution in [1.29, 1.82) is 0 Å². The monoisotopic (exact) mass is 219 g/mol. The molecular weight excluding hydrogens is 206 g/mol. The first kappa shape index (κ1) is 10.7. The lowest BCUT2D eigenvalue weighted by molar-refractivity contribution is 0.702. The van der Waals surface area contributed by atoms with Crippen molar-refractivity contribution in [2.75, 3.05) is 18.5 Å². The first-order valence-electron chi connectivity index (χ1n) is 4.45. The summed E-state index contributed by atoms with van der Waals surface area (Å²) in [5, 5.41) is 0.518. The van der Waals surface area contributed by atoms with Crippen LogP contribution in [-0.4, -0.2) is 22.3 Å². The van der Waals surface area contributed by atoms with Gasteiger partial charge in [-0.05, 0) is 6.42 Å². The third-order valence-corrected chi connectivity index (χ3v) is 2.76. The smallest absolute Gasteiger partial charge is 0.187 e. The van der Waals surface area contributed by atoms with Gasteiger partial charge in [-0.1, -0.05) is 31.4 Å². The number of nitrogens with zero attached hydrogens (tertiary/aromatic N) is 3. The summed E-state index contributed by atoms with van der Waals surface area (Å²) in [6, 6.07) is 0. The Morgan fingerprint density at radius 3 is 2.69 bits per heavy atom. The molecular formula is C8H14ClN3S. The van der Waals surface area contributed by atoms with Crippen molar-refractivity contribution in [3.63, 3.8) is 0 Å². The molecule has 0 atom stereocenters. The highest BCUT2D eigenvalue weighted by molar-refractivity contribution is 6.99. The van der Waals surface area contributed by atoms with Crippen LogP contribution >= 0.6 is 23.3 Å². The number of unbranched alkanes of at least 4 members (excludes halogenated alkanes) is 2. The second kappa shape index (κ2) is 5.40. The molecule has 0 fully saturated rings. The highest BCUT2D eigenvalue weighted by atomic mass is 35.5. The van der Waals surface area contributed by atoms with Crippen molar-refractivity contribution < 1.29 is 0 Å². The lowest BCUT2D eigenvalue weighted by atomic mass is 10.2. The van der Waals surface area contributed by atoms with Gasteiger partial charge >= 0.3 is 0 Å². The van der Waals surface area contributed by atoms with Gasteiger partial charge in [0.05, 0.1) is 11.7 Å². The fourth-order valence-corrected chi connectivity index (χ4v) is 1.93. The van der Waals surface area contributed by atoms with Crippen LogP contribution in [0.3, 0.4) is 0 Å². The molecule has 3 nitrogen and oxygen atoms in total. The number of anilines is 1. The second-order valence-electron chi connectivity index (χ2n) is 3.01. The van der Waals surface area contributed by atoms with Crippen LogP contribution in [0.2, 0.25) is 5.15 Å². The Morgan fingerprint density at radius 2 is 2.15 bits per heavy atom. The second-order valence-corrected chi connectivity index (χ2v) is 3.89. The quantitative estimate of drug-likeness (QED) is 0.714. The molecule has 0 aromatic carbocycles. The van der Waals surface area contributed by atoms with Crippen molar-refractivity contribution in [1.82, 2.24) is 8.75 Å². The van der Waals surface area contributed by atoms with Gasteiger partial charge in [0.2, 0.25) is 0 Å². The highest BCUT2D eigenvalue weighted by Crippen LogP contribution is 2.21. The average Bonchev–Trinajstić information content (AvgIpc) is 2.52. The van der Waals surface area contributed by atoms with Gasteiger partial charge in [-0.15, -0.1) is 0 Å². The maximum atomic E-state index is 5.84. The summed E-state index contributed by atoms with van der Waals surface area (Å²) in [4.78, 5) is 2.06. The lowest BCUT2D eigenvalue weighted by Gasteiger charge is -2.15. The Bertz CT molecular complexity index is 251. The standard InChI is InChI=1S/C8H14ClN3S/c1-3-4-5-6-12(2)8-7(9)10-13-11-8/h3-6H2,1-2H3. The summed E-state index contributed by atoms with van der Waals surface area (Å²) in [6.07, 6.45) is 3.66. The zero-order chi connectivity index (χ0) is 9.68. The summed E-state index contributed by atoms with van der Waals surface area (Å²) in [7, 11) is 2.00. The molecule has 0 amide bonds. The molecule has 1 aromatic rings. The van der Waals surface area contributed by atoms with Crippen LogP contribution in [0.5, 0.6) is 0 Å². The summed E-state index contributed by atoms with van der Waals surface area (Å²) in [5.74, 6) is 0.808. The van der Waals surface area contributed by atoms with E-state index in [9.17, 15) is 0 Å². The summed E-state index contributed by atoms with van der Waals surface area (Å²) < 4.78 is 8.04. The molecule has 0 bridgehead atoms. The zero-order valence-corrected chi connectivity index (χ0v) is 9.53. The Hall–Kier alpha value is -0.350. The minimum absolute atomic E-state index is 0.518. The van der Waals surface area contributed by atoms with Crippen LogP contribution in [0.1, 0.15) is 26.2 Å². The van der Waals surface area contributed by atoms with Crippen LogP contribution in [0, 0.1) is 0 Å². The van der Waals surface area contributed by atoms with E-state index in [1.165, 1.54) is 19.3 Å². The van der Waals surface area contributed by atoms with Gasteiger partial charge in [0.15, 0.2) is 11.0 Å². The normalized spacial score (nSPS) is 10.4. The van der Waals surface area contributed by atoms with E-state index < -0.39 is 0 Å². The number of aromatic nitrogens is 2. The van der Waals surface area contributed by atoms with Crippen LogP contribution in [0.25, 0.3) is 0 Å².